The third kappa shape index (κ3) is 3.82. The van der Waals surface area contributed by atoms with Gasteiger partial charge in [0.1, 0.15) is 6.04 Å². The zero-order valence-electron chi connectivity index (χ0n) is 12.9. The van der Waals surface area contributed by atoms with Gasteiger partial charge < -0.3 is 10.2 Å². The molecule has 2 rings (SSSR count). The van der Waals surface area contributed by atoms with E-state index in [0.717, 1.165) is 17.8 Å². The van der Waals surface area contributed by atoms with Crippen molar-refractivity contribution in [3.05, 3.63) is 29.8 Å². The molecule has 0 bridgehead atoms. The minimum atomic E-state index is -0.387. The molecule has 21 heavy (non-hydrogen) atoms. The van der Waals surface area contributed by atoms with E-state index in [4.69, 9.17) is 0 Å². The summed E-state index contributed by atoms with van der Waals surface area (Å²) in [5, 5.41) is 2.91. The molecule has 1 N–H and O–H groups in total. The minimum absolute atomic E-state index is 0.0200. The van der Waals surface area contributed by atoms with E-state index in [1.807, 2.05) is 50.2 Å². The summed E-state index contributed by atoms with van der Waals surface area (Å²) in [6.45, 7) is 3.39. The zero-order chi connectivity index (χ0) is 15.4. The van der Waals surface area contributed by atoms with Crippen LogP contribution < -0.4 is 10.2 Å². The predicted molar refractivity (Wildman–Crippen MR) is 83.3 cm³/mol. The first-order chi connectivity index (χ1) is 9.99. The number of hydrogen-bond donors (Lipinski definition) is 1. The molecule has 1 aromatic rings. The van der Waals surface area contributed by atoms with Crippen LogP contribution in [0, 0.1) is 6.92 Å². The van der Waals surface area contributed by atoms with E-state index in [0.29, 0.717) is 19.4 Å². The minimum Gasteiger partial charge on any atom is -0.353 e. The average Bonchev–Trinajstić information content (AvgIpc) is 2.81. The van der Waals surface area contributed by atoms with Gasteiger partial charge in [-0.25, -0.2) is 0 Å². The monoisotopic (exact) mass is 289 g/mol. The molecule has 114 valence electrons. The van der Waals surface area contributed by atoms with Gasteiger partial charge in [-0.3, -0.25) is 14.5 Å². The summed E-state index contributed by atoms with van der Waals surface area (Å²) >= 11 is 0. The normalized spacial score (nSPS) is 18.4. The molecule has 1 atom stereocenters. The Morgan fingerprint density at radius 2 is 2.00 bits per heavy atom. The smallest absolute Gasteiger partial charge is 0.243 e. The van der Waals surface area contributed by atoms with Gasteiger partial charge in [-0.15, -0.1) is 0 Å². The largest absolute Gasteiger partial charge is 0.353 e. The van der Waals surface area contributed by atoms with E-state index in [2.05, 4.69) is 5.32 Å². The summed E-state index contributed by atoms with van der Waals surface area (Å²) in [5.41, 5.74) is 1.94. The Labute approximate surface area is 125 Å². The van der Waals surface area contributed by atoms with Crippen LogP contribution in [0.4, 0.5) is 5.69 Å². The fourth-order valence-electron chi connectivity index (χ4n) is 2.48. The molecule has 1 unspecified atom stereocenters. The van der Waals surface area contributed by atoms with Crippen molar-refractivity contribution in [3.8, 4) is 0 Å². The lowest BCUT2D eigenvalue weighted by Gasteiger charge is -2.24. The molecule has 1 heterocycles. The number of anilines is 1. The Hall–Kier alpha value is -1.88. The van der Waals surface area contributed by atoms with Gasteiger partial charge in [0.2, 0.25) is 11.8 Å². The molecule has 0 saturated carbocycles. The highest BCUT2D eigenvalue weighted by Crippen LogP contribution is 2.27. The van der Waals surface area contributed by atoms with Gasteiger partial charge in [0.15, 0.2) is 0 Å². The number of nitrogens with one attached hydrogen (secondary N) is 1. The second-order valence-corrected chi connectivity index (χ2v) is 5.75. The van der Waals surface area contributed by atoms with Crippen molar-refractivity contribution >= 4 is 17.5 Å². The van der Waals surface area contributed by atoms with Gasteiger partial charge in [0.05, 0.1) is 0 Å². The highest BCUT2D eigenvalue weighted by atomic mass is 16.2. The molecule has 1 aliphatic heterocycles. The lowest BCUT2D eigenvalue weighted by atomic mass is 10.1. The molecule has 1 saturated heterocycles. The Bertz CT molecular complexity index is 511. The molecule has 0 aliphatic carbocycles. The Morgan fingerprint density at radius 3 is 2.62 bits per heavy atom. The van der Waals surface area contributed by atoms with Crippen molar-refractivity contribution in [1.82, 2.24) is 10.2 Å². The number of nitrogens with zero attached hydrogens (tertiary/aromatic N) is 2. The van der Waals surface area contributed by atoms with E-state index >= 15 is 0 Å². The summed E-state index contributed by atoms with van der Waals surface area (Å²) in [4.78, 5) is 28.0. The van der Waals surface area contributed by atoms with E-state index in [1.165, 1.54) is 0 Å². The summed E-state index contributed by atoms with van der Waals surface area (Å²) in [6.07, 6.45) is 1.01. The summed E-state index contributed by atoms with van der Waals surface area (Å²) in [7, 11) is 3.92. The average molecular weight is 289 g/mol. The molecule has 1 aromatic carbocycles. The molecule has 0 radical (unpaired) electrons. The summed E-state index contributed by atoms with van der Waals surface area (Å²) < 4.78 is 0. The number of amides is 2. The second kappa shape index (κ2) is 6.72. The Balaban J connectivity index is 2.06. The fraction of sp³-hybridized carbons (Fsp3) is 0.500. The number of rotatable bonds is 5. The predicted octanol–water partition coefficient (Wildman–Crippen LogP) is 1.17. The molecular formula is C16H23N3O2. The number of carbonyl (C=O) groups excluding carboxylic acids is 2. The summed E-state index contributed by atoms with van der Waals surface area (Å²) in [6, 6.07) is 7.34. The van der Waals surface area contributed by atoms with Gasteiger partial charge in [-0.05, 0) is 39.6 Å². The highest BCUT2D eigenvalue weighted by molar-refractivity contribution is 6.03. The third-order valence-corrected chi connectivity index (χ3v) is 3.69. The van der Waals surface area contributed by atoms with Gasteiger partial charge in [0, 0.05) is 25.2 Å². The number of benzene rings is 1. The van der Waals surface area contributed by atoms with Gasteiger partial charge in [-0.1, -0.05) is 17.7 Å². The van der Waals surface area contributed by atoms with Crippen LogP contribution in [-0.4, -0.2) is 49.9 Å². The van der Waals surface area contributed by atoms with Crippen molar-refractivity contribution < 1.29 is 9.59 Å². The molecule has 2 amide bonds. The first kappa shape index (κ1) is 15.5. The summed E-state index contributed by atoms with van der Waals surface area (Å²) in [5.74, 6) is -0.0464. The van der Waals surface area contributed by atoms with Crippen LogP contribution in [0.2, 0.25) is 0 Å². The van der Waals surface area contributed by atoms with Gasteiger partial charge in [0.25, 0.3) is 0 Å². The first-order valence-corrected chi connectivity index (χ1v) is 7.30. The van der Waals surface area contributed by atoms with Crippen LogP contribution in [0.3, 0.4) is 0 Å². The quantitative estimate of drug-likeness (QED) is 0.885. The molecule has 5 nitrogen and oxygen atoms in total. The van der Waals surface area contributed by atoms with Crippen molar-refractivity contribution in [2.24, 2.45) is 0 Å². The lowest BCUT2D eigenvalue weighted by Crippen LogP contribution is -2.46. The molecule has 5 heteroatoms. The van der Waals surface area contributed by atoms with Crippen molar-refractivity contribution in [2.75, 3.05) is 32.1 Å². The van der Waals surface area contributed by atoms with E-state index < -0.39 is 0 Å². The Morgan fingerprint density at radius 1 is 1.33 bits per heavy atom. The molecule has 0 spiro atoms. The van der Waals surface area contributed by atoms with Crippen molar-refractivity contribution in [3.63, 3.8) is 0 Å². The first-order valence-electron chi connectivity index (χ1n) is 7.30. The maximum Gasteiger partial charge on any atom is 0.243 e. The van der Waals surface area contributed by atoms with Crippen molar-refractivity contribution in [2.45, 2.75) is 25.8 Å². The maximum atomic E-state index is 12.3. The lowest BCUT2D eigenvalue weighted by molar-refractivity contribution is -0.123. The van der Waals surface area contributed by atoms with Crippen LogP contribution in [0.5, 0.6) is 0 Å². The number of hydrogen-bond acceptors (Lipinski definition) is 3. The highest BCUT2D eigenvalue weighted by Gasteiger charge is 2.36. The standard InChI is InChI=1S/C16H23N3O2/c1-12-4-6-13(7-5-12)19-14(8-9-15(19)20)16(21)17-10-11-18(2)3/h4-7,14H,8-11H2,1-3H3,(H,17,21). The SMILES string of the molecule is Cc1ccc(N2C(=O)CCC2C(=O)NCCN(C)C)cc1. The van der Waals surface area contributed by atoms with Crippen LogP contribution in [0.1, 0.15) is 18.4 Å². The second-order valence-electron chi connectivity index (χ2n) is 5.75. The van der Waals surface area contributed by atoms with Crippen molar-refractivity contribution in [1.29, 1.82) is 0 Å². The third-order valence-electron chi connectivity index (χ3n) is 3.69. The number of likely N-dealkylation sites (N-methyl/N-ethyl adjacent to an activating group) is 1. The fourth-order valence-corrected chi connectivity index (χ4v) is 2.48. The molecule has 0 aromatic heterocycles. The van der Waals surface area contributed by atoms with Crippen LogP contribution in [0.25, 0.3) is 0 Å². The molecule has 1 aliphatic rings. The number of aryl methyl sites for hydroxylation is 1. The van der Waals surface area contributed by atoms with Gasteiger partial charge >= 0.3 is 0 Å². The van der Waals surface area contributed by atoms with Crippen LogP contribution in [0.15, 0.2) is 24.3 Å². The van der Waals surface area contributed by atoms with E-state index in [-0.39, 0.29) is 17.9 Å². The zero-order valence-corrected chi connectivity index (χ0v) is 12.9. The van der Waals surface area contributed by atoms with Crippen LogP contribution in [-0.2, 0) is 9.59 Å². The molecule has 1 fully saturated rings. The Kier molecular flexibility index (Phi) is 4.96. The van der Waals surface area contributed by atoms with Crippen LogP contribution >= 0.6 is 0 Å². The van der Waals surface area contributed by atoms with E-state index in [1.54, 1.807) is 4.90 Å². The van der Waals surface area contributed by atoms with E-state index in [9.17, 15) is 9.59 Å². The number of carbonyl (C=O) groups is 2. The topological polar surface area (TPSA) is 52.7 Å². The van der Waals surface area contributed by atoms with Gasteiger partial charge in [-0.2, -0.15) is 0 Å². The maximum absolute atomic E-state index is 12.3. The molecular weight excluding hydrogens is 266 g/mol.